The quantitative estimate of drug-likeness (QED) is 0.717. The Labute approximate surface area is 133 Å². The van der Waals surface area contributed by atoms with Crippen LogP contribution in [0.4, 0.5) is 15.8 Å². The first kappa shape index (κ1) is 15.0. The zero-order valence-corrected chi connectivity index (χ0v) is 14.1. The molecule has 0 unspecified atom stereocenters. The highest BCUT2D eigenvalue weighted by Gasteiger charge is 2.13. The van der Waals surface area contributed by atoms with E-state index in [0.29, 0.717) is 5.69 Å². The van der Waals surface area contributed by atoms with Gasteiger partial charge in [0.05, 0.1) is 15.7 Å². The van der Waals surface area contributed by atoms with Gasteiger partial charge in [-0.05, 0) is 65.2 Å². The first-order valence-electron chi connectivity index (χ1n) is 5.86. The van der Waals surface area contributed by atoms with Gasteiger partial charge < -0.3 is 5.32 Å². The van der Waals surface area contributed by atoms with Gasteiger partial charge in [-0.2, -0.15) is 5.26 Å². The molecule has 1 N–H and O–H groups in total. The molecule has 2 nitrogen and oxygen atoms in total. The van der Waals surface area contributed by atoms with Gasteiger partial charge in [-0.1, -0.05) is 15.9 Å². The van der Waals surface area contributed by atoms with Crippen LogP contribution in [0.15, 0.2) is 33.2 Å². The van der Waals surface area contributed by atoms with Crippen molar-refractivity contribution in [1.29, 1.82) is 5.26 Å². The van der Waals surface area contributed by atoms with E-state index < -0.39 is 5.82 Å². The van der Waals surface area contributed by atoms with Gasteiger partial charge >= 0.3 is 0 Å². The molecule has 102 valence electrons. The van der Waals surface area contributed by atoms with Gasteiger partial charge in [-0.25, -0.2) is 4.39 Å². The molecule has 0 radical (unpaired) electrons. The number of aryl methyl sites for hydroxylation is 2. The van der Waals surface area contributed by atoms with Gasteiger partial charge in [0.2, 0.25) is 0 Å². The average molecular weight is 398 g/mol. The Balaban J connectivity index is 2.47. The van der Waals surface area contributed by atoms with E-state index in [1.54, 1.807) is 12.1 Å². The van der Waals surface area contributed by atoms with Crippen molar-refractivity contribution < 1.29 is 4.39 Å². The van der Waals surface area contributed by atoms with Crippen LogP contribution in [0.2, 0.25) is 0 Å². The van der Waals surface area contributed by atoms with Gasteiger partial charge in [0, 0.05) is 10.2 Å². The Bertz CT molecular complexity index is 698. The normalized spacial score (nSPS) is 10.2. The number of benzene rings is 2. The predicted octanol–water partition coefficient (Wildman–Crippen LogP) is 5.58. The zero-order valence-electron chi connectivity index (χ0n) is 10.9. The van der Waals surface area contributed by atoms with E-state index in [4.69, 9.17) is 5.26 Å². The monoisotopic (exact) mass is 396 g/mol. The molecular weight excluding hydrogens is 387 g/mol. The lowest BCUT2D eigenvalue weighted by molar-refractivity contribution is 0.624. The molecule has 0 heterocycles. The molecule has 0 atom stereocenters. The van der Waals surface area contributed by atoms with Crippen molar-refractivity contribution in [3.05, 3.63) is 55.7 Å². The maximum absolute atomic E-state index is 14.2. The molecular formula is C15H11Br2FN2. The smallest absolute Gasteiger partial charge is 0.162 e. The zero-order chi connectivity index (χ0) is 14.9. The van der Waals surface area contributed by atoms with Crippen LogP contribution in [-0.2, 0) is 0 Å². The van der Waals surface area contributed by atoms with Crippen LogP contribution >= 0.6 is 31.9 Å². The molecule has 0 fully saturated rings. The third kappa shape index (κ3) is 2.87. The van der Waals surface area contributed by atoms with E-state index in [0.717, 1.165) is 21.3 Å². The second kappa shape index (κ2) is 5.94. The number of hydrogen-bond donors (Lipinski definition) is 1. The largest absolute Gasteiger partial charge is 0.353 e. The average Bonchev–Trinajstić information content (AvgIpc) is 2.38. The number of anilines is 2. The highest BCUT2D eigenvalue weighted by molar-refractivity contribution is 9.10. The second-order valence-corrected chi connectivity index (χ2v) is 6.15. The van der Waals surface area contributed by atoms with Crippen LogP contribution in [-0.4, -0.2) is 0 Å². The van der Waals surface area contributed by atoms with Crippen LogP contribution in [0.25, 0.3) is 0 Å². The number of halogens is 3. The molecule has 2 aromatic carbocycles. The molecule has 0 spiro atoms. The minimum absolute atomic E-state index is 0.178. The number of hydrogen-bond acceptors (Lipinski definition) is 2. The van der Waals surface area contributed by atoms with Gasteiger partial charge in [0.15, 0.2) is 5.82 Å². The van der Waals surface area contributed by atoms with Crippen LogP contribution < -0.4 is 5.32 Å². The van der Waals surface area contributed by atoms with Crippen molar-refractivity contribution in [3.63, 3.8) is 0 Å². The second-order valence-electron chi connectivity index (χ2n) is 4.44. The predicted molar refractivity (Wildman–Crippen MR) is 85.7 cm³/mol. The summed E-state index contributed by atoms with van der Waals surface area (Å²) in [6, 6.07) is 9.02. The van der Waals surface area contributed by atoms with Crippen molar-refractivity contribution in [2.75, 3.05) is 5.32 Å². The van der Waals surface area contributed by atoms with Crippen molar-refractivity contribution in [2.45, 2.75) is 13.8 Å². The van der Waals surface area contributed by atoms with Crippen LogP contribution in [0.5, 0.6) is 0 Å². The molecule has 0 bridgehead atoms. The Morgan fingerprint density at radius 1 is 1.15 bits per heavy atom. The molecule has 0 saturated carbocycles. The van der Waals surface area contributed by atoms with Crippen molar-refractivity contribution in [2.24, 2.45) is 0 Å². The molecule has 0 aliphatic heterocycles. The molecule has 0 aliphatic rings. The number of nitriles is 1. The van der Waals surface area contributed by atoms with Gasteiger partial charge in [-0.15, -0.1) is 0 Å². The standard InChI is InChI=1S/C15H11Br2FN2/c1-8-5-11(16)6-9(2)15(8)20-12-4-3-10(7-19)13(17)14(12)18/h3-6,20H,1-2H3. The summed E-state index contributed by atoms with van der Waals surface area (Å²) in [6.45, 7) is 3.91. The Kier molecular flexibility index (Phi) is 4.46. The first-order chi connectivity index (χ1) is 9.43. The highest BCUT2D eigenvalue weighted by atomic mass is 79.9. The summed E-state index contributed by atoms with van der Waals surface area (Å²) >= 11 is 6.54. The van der Waals surface area contributed by atoms with Crippen LogP contribution in [0, 0.1) is 31.0 Å². The molecule has 5 heteroatoms. The first-order valence-corrected chi connectivity index (χ1v) is 7.44. The topological polar surface area (TPSA) is 35.8 Å². The van der Waals surface area contributed by atoms with Crippen LogP contribution in [0.1, 0.15) is 16.7 Å². The minimum Gasteiger partial charge on any atom is -0.353 e. The van der Waals surface area contributed by atoms with E-state index in [1.165, 1.54) is 0 Å². The maximum atomic E-state index is 14.2. The third-order valence-electron chi connectivity index (χ3n) is 2.96. The lowest BCUT2D eigenvalue weighted by Crippen LogP contribution is -2.00. The fourth-order valence-electron chi connectivity index (χ4n) is 1.97. The SMILES string of the molecule is Cc1cc(Br)cc(C)c1Nc1ccc(C#N)c(Br)c1F. The van der Waals surface area contributed by atoms with E-state index in [1.807, 2.05) is 32.0 Å². The molecule has 20 heavy (non-hydrogen) atoms. The highest BCUT2D eigenvalue weighted by Crippen LogP contribution is 2.32. The number of rotatable bonds is 2. The van der Waals surface area contributed by atoms with Gasteiger partial charge in [0.1, 0.15) is 6.07 Å². The van der Waals surface area contributed by atoms with Crippen molar-refractivity contribution >= 4 is 43.2 Å². The molecule has 0 aliphatic carbocycles. The summed E-state index contributed by atoms with van der Waals surface area (Å²) in [5.41, 5.74) is 3.50. The Morgan fingerprint density at radius 3 is 2.30 bits per heavy atom. The molecule has 0 amide bonds. The summed E-state index contributed by atoms with van der Waals surface area (Å²) < 4.78 is 15.4. The number of nitrogens with zero attached hydrogens (tertiary/aromatic N) is 1. The summed E-state index contributed by atoms with van der Waals surface area (Å²) in [5, 5.41) is 12.0. The number of nitrogens with one attached hydrogen (secondary N) is 1. The molecule has 0 aromatic heterocycles. The molecule has 2 aromatic rings. The summed E-state index contributed by atoms with van der Waals surface area (Å²) in [7, 11) is 0. The lowest BCUT2D eigenvalue weighted by Gasteiger charge is -2.15. The van der Waals surface area contributed by atoms with Crippen molar-refractivity contribution in [1.82, 2.24) is 0 Å². The fourth-order valence-corrected chi connectivity index (χ4v) is 3.10. The minimum atomic E-state index is -0.467. The molecule has 0 saturated heterocycles. The van der Waals surface area contributed by atoms with E-state index >= 15 is 0 Å². The molecule has 2 rings (SSSR count). The third-order valence-corrected chi connectivity index (χ3v) is 4.19. The fraction of sp³-hybridized carbons (Fsp3) is 0.133. The van der Waals surface area contributed by atoms with Crippen LogP contribution in [0.3, 0.4) is 0 Å². The van der Waals surface area contributed by atoms with E-state index in [-0.39, 0.29) is 10.0 Å². The summed E-state index contributed by atoms with van der Waals surface area (Å²) in [5.74, 6) is -0.467. The Hall–Kier alpha value is -1.38. The Morgan fingerprint density at radius 2 is 1.75 bits per heavy atom. The van der Waals surface area contributed by atoms with E-state index in [9.17, 15) is 4.39 Å². The maximum Gasteiger partial charge on any atom is 0.162 e. The summed E-state index contributed by atoms with van der Waals surface area (Å²) in [4.78, 5) is 0. The van der Waals surface area contributed by atoms with E-state index in [2.05, 4.69) is 37.2 Å². The lowest BCUT2D eigenvalue weighted by atomic mass is 10.1. The summed E-state index contributed by atoms with van der Waals surface area (Å²) in [6.07, 6.45) is 0. The van der Waals surface area contributed by atoms with Gasteiger partial charge in [-0.3, -0.25) is 0 Å². The van der Waals surface area contributed by atoms with Gasteiger partial charge in [0.25, 0.3) is 0 Å². The van der Waals surface area contributed by atoms with Crippen molar-refractivity contribution in [3.8, 4) is 6.07 Å².